The lowest BCUT2D eigenvalue weighted by molar-refractivity contribution is 1.18. The van der Waals surface area contributed by atoms with Gasteiger partial charge in [-0.3, -0.25) is 9.97 Å². The summed E-state index contributed by atoms with van der Waals surface area (Å²) in [6, 6.07) is 56.0. The Morgan fingerprint density at radius 3 is 1.60 bits per heavy atom. The van der Waals surface area contributed by atoms with Gasteiger partial charge in [-0.15, -0.1) is 0 Å². The molecule has 0 atom stereocenters. The predicted molar refractivity (Wildman–Crippen MR) is 199 cm³/mol. The molecule has 0 spiro atoms. The van der Waals surface area contributed by atoms with Crippen molar-refractivity contribution < 1.29 is 0 Å². The Morgan fingerprint density at radius 2 is 0.917 bits per heavy atom. The van der Waals surface area contributed by atoms with Crippen LogP contribution in [0.4, 0.5) is 0 Å². The number of para-hydroxylation sites is 5. The van der Waals surface area contributed by atoms with E-state index in [4.69, 9.17) is 9.97 Å². The second kappa shape index (κ2) is 10.5. The molecule has 224 valence electrons. The molecule has 0 amide bonds. The molecule has 0 saturated carbocycles. The highest BCUT2D eigenvalue weighted by atomic mass is 15.0. The molecule has 4 heteroatoms. The monoisotopic (exact) mass is 612 g/mol. The summed E-state index contributed by atoms with van der Waals surface area (Å²) in [6.07, 6.45) is 3.98. The molecule has 0 unspecified atom stereocenters. The molecule has 0 aliphatic carbocycles. The third kappa shape index (κ3) is 4.03. The summed E-state index contributed by atoms with van der Waals surface area (Å²) < 4.78 is 4.67. The summed E-state index contributed by atoms with van der Waals surface area (Å²) in [6.45, 7) is 0. The summed E-state index contributed by atoms with van der Waals surface area (Å²) in [5.74, 6) is 0. The van der Waals surface area contributed by atoms with Crippen molar-refractivity contribution in [3.05, 3.63) is 170 Å². The van der Waals surface area contributed by atoms with Crippen LogP contribution in [0.15, 0.2) is 170 Å². The highest BCUT2D eigenvalue weighted by Gasteiger charge is 2.16. The van der Waals surface area contributed by atoms with Gasteiger partial charge in [0.25, 0.3) is 0 Å². The number of hydrogen-bond donors (Lipinski definition) is 0. The Kier molecular flexibility index (Phi) is 5.84. The first-order valence-electron chi connectivity index (χ1n) is 16.2. The zero-order chi connectivity index (χ0) is 31.6. The van der Waals surface area contributed by atoms with Gasteiger partial charge in [0, 0.05) is 44.7 Å². The fraction of sp³-hybridized carbons (Fsp3) is 0. The van der Waals surface area contributed by atoms with Crippen molar-refractivity contribution in [2.75, 3.05) is 0 Å². The number of pyridine rings is 1. The van der Waals surface area contributed by atoms with Gasteiger partial charge in [0.05, 0.1) is 45.0 Å². The van der Waals surface area contributed by atoms with E-state index < -0.39 is 0 Å². The van der Waals surface area contributed by atoms with Crippen LogP contribution in [0.5, 0.6) is 0 Å². The Balaban J connectivity index is 0.970. The van der Waals surface area contributed by atoms with E-state index in [-0.39, 0.29) is 0 Å². The minimum atomic E-state index is 0.954. The van der Waals surface area contributed by atoms with Gasteiger partial charge in [-0.1, -0.05) is 109 Å². The quantitative estimate of drug-likeness (QED) is 0.198. The van der Waals surface area contributed by atoms with Gasteiger partial charge in [0.15, 0.2) is 0 Å². The van der Waals surface area contributed by atoms with Crippen LogP contribution in [0, 0.1) is 0 Å². The molecule has 10 rings (SSSR count). The summed E-state index contributed by atoms with van der Waals surface area (Å²) in [5.41, 5.74) is 14.6. The van der Waals surface area contributed by atoms with Crippen molar-refractivity contribution in [1.29, 1.82) is 0 Å². The van der Waals surface area contributed by atoms with Crippen molar-refractivity contribution in [2.24, 2.45) is 0 Å². The van der Waals surface area contributed by atoms with Gasteiger partial charge in [-0.2, -0.15) is 0 Å². The second-order valence-electron chi connectivity index (χ2n) is 12.3. The maximum absolute atomic E-state index is 4.88. The highest BCUT2D eigenvalue weighted by molar-refractivity contribution is 6.09. The topological polar surface area (TPSA) is 35.1 Å². The number of fused-ring (bicyclic) bond motifs is 8. The molecule has 0 saturated heterocycles. The molecule has 4 aromatic heterocycles. The normalized spacial score (nSPS) is 11.8. The molecular formula is C44H28N4. The average molecular weight is 613 g/mol. The van der Waals surface area contributed by atoms with Gasteiger partial charge in [-0.25, -0.2) is 0 Å². The molecule has 0 fully saturated rings. The lowest BCUT2D eigenvalue weighted by Gasteiger charge is -2.10. The fourth-order valence-corrected chi connectivity index (χ4v) is 7.38. The molecule has 6 aromatic carbocycles. The summed E-state index contributed by atoms with van der Waals surface area (Å²) in [5, 5.41) is 3.76. The van der Waals surface area contributed by atoms with E-state index in [0.29, 0.717) is 0 Å². The first-order chi connectivity index (χ1) is 23.8. The molecule has 0 radical (unpaired) electrons. The van der Waals surface area contributed by atoms with Crippen LogP contribution in [0.2, 0.25) is 0 Å². The SMILES string of the molecule is c1ccc2c(c1)ncc1c(-c3ccc(-c4ccc(-c5ccc(-n6c7ccccc7c7ccccc76)cc5)nc4)cc3)c3ccccc3n12. The number of benzene rings is 6. The number of aromatic nitrogens is 4. The lowest BCUT2D eigenvalue weighted by Crippen LogP contribution is -1.94. The van der Waals surface area contributed by atoms with E-state index in [2.05, 4.69) is 161 Å². The first-order valence-corrected chi connectivity index (χ1v) is 16.2. The average Bonchev–Trinajstić information content (AvgIpc) is 3.68. The maximum atomic E-state index is 4.88. The molecule has 4 nitrogen and oxygen atoms in total. The van der Waals surface area contributed by atoms with Gasteiger partial charge in [0.1, 0.15) is 0 Å². The molecule has 48 heavy (non-hydrogen) atoms. The number of hydrogen-bond acceptors (Lipinski definition) is 2. The van der Waals surface area contributed by atoms with E-state index in [1.165, 1.54) is 43.8 Å². The van der Waals surface area contributed by atoms with E-state index in [1.54, 1.807) is 0 Å². The van der Waals surface area contributed by atoms with Crippen molar-refractivity contribution >= 4 is 49.3 Å². The Hall–Kier alpha value is -6.52. The third-order valence-corrected chi connectivity index (χ3v) is 9.63. The van der Waals surface area contributed by atoms with Gasteiger partial charge < -0.3 is 8.97 Å². The Bertz CT molecular complexity index is 2750. The molecular weight excluding hydrogens is 585 g/mol. The predicted octanol–water partition coefficient (Wildman–Crippen LogP) is 11.1. The number of nitrogens with zero attached hydrogens (tertiary/aromatic N) is 4. The molecule has 0 aliphatic heterocycles. The summed E-state index contributed by atoms with van der Waals surface area (Å²) in [7, 11) is 0. The molecule has 0 aliphatic rings. The van der Waals surface area contributed by atoms with E-state index in [0.717, 1.165) is 44.6 Å². The smallest absolute Gasteiger partial charge is 0.0871 e. The lowest BCUT2D eigenvalue weighted by atomic mass is 9.99. The van der Waals surface area contributed by atoms with Crippen LogP contribution in [0.25, 0.3) is 88.5 Å². The molecule has 0 N–H and O–H groups in total. The van der Waals surface area contributed by atoms with E-state index >= 15 is 0 Å². The Morgan fingerprint density at radius 1 is 0.354 bits per heavy atom. The van der Waals surface area contributed by atoms with Crippen molar-refractivity contribution in [1.82, 2.24) is 18.9 Å². The summed E-state index contributed by atoms with van der Waals surface area (Å²) >= 11 is 0. The Labute approximate surface area is 276 Å². The van der Waals surface area contributed by atoms with Gasteiger partial charge in [-0.05, 0) is 59.7 Å². The van der Waals surface area contributed by atoms with Crippen LogP contribution < -0.4 is 0 Å². The van der Waals surface area contributed by atoms with Crippen LogP contribution in [0.1, 0.15) is 0 Å². The fourth-order valence-electron chi connectivity index (χ4n) is 7.38. The standard InChI is InChI=1S/C44H28N4/c1-5-13-39-34(9-1)35-10-2-6-14-40(35)47(39)33-24-21-30(22-25-33)37-26-23-32(27-45-37)29-17-19-31(20-18-29)44-36-11-3-7-15-41(36)48-42-16-8-4-12-38(42)46-28-43(44)48/h1-28H. The minimum absolute atomic E-state index is 0.954. The van der Waals surface area contributed by atoms with Crippen LogP contribution >= 0.6 is 0 Å². The number of rotatable bonds is 4. The molecule has 10 aromatic rings. The molecule has 4 heterocycles. The highest BCUT2D eigenvalue weighted by Crippen LogP contribution is 2.38. The van der Waals surface area contributed by atoms with Crippen molar-refractivity contribution in [2.45, 2.75) is 0 Å². The van der Waals surface area contributed by atoms with Crippen LogP contribution in [-0.4, -0.2) is 18.9 Å². The van der Waals surface area contributed by atoms with Crippen LogP contribution in [0.3, 0.4) is 0 Å². The zero-order valence-corrected chi connectivity index (χ0v) is 26.0. The minimum Gasteiger partial charge on any atom is -0.309 e. The second-order valence-corrected chi connectivity index (χ2v) is 12.3. The largest absolute Gasteiger partial charge is 0.309 e. The van der Waals surface area contributed by atoms with Crippen molar-refractivity contribution in [3.63, 3.8) is 0 Å². The van der Waals surface area contributed by atoms with Crippen molar-refractivity contribution in [3.8, 4) is 39.2 Å². The maximum Gasteiger partial charge on any atom is 0.0871 e. The van der Waals surface area contributed by atoms with Gasteiger partial charge in [0.2, 0.25) is 0 Å². The van der Waals surface area contributed by atoms with Crippen LogP contribution in [-0.2, 0) is 0 Å². The van der Waals surface area contributed by atoms with E-state index in [1.807, 2.05) is 18.5 Å². The molecule has 0 bridgehead atoms. The first kappa shape index (κ1) is 26.7. The third-order valence-electron chi connectivity index (χ3n) is 9.63. The summed E-state index contributed by atoms with van der Waals surface area (Å²) in [4.78, 5) is 9.68. The van der Waals surface area contributed by atoms with Gasteiger partial charge >= 0.3 is 0 Å². The van der Waals surface area contributed by atoms with E-state index in [9.17, 15) is 0 Å². The zero-order valence-electron chi connectivity index (χ0n) is 26.0.